The summed E-state index contributed by atoms with van der Waals surface area (Å²) in [7, 11) is -6.09. The summed E-state index contributed by atoms with van der Waals surface area (Å²) in [6.07, 6.45) is 9.01. The van der Waals surface area contributed by atoms with Gasteiger partial charge in [-0.1, -0.05) is 36.4 Å². The van der Waals surface area contributed by atoms with Crippen molar-refractivity contribution in [2.24, 2.45) is 0 Å². The van der Waals surface area contributed by atoms with Crippen LogP contribution in [-0.4, -0.2) is 38.7 Å². The van der Waals surface area contributed by atoms with E-state index in [9.17, 15) is 22.8 Å². The first-order valence-electron chi connectivity index (χ1n) is 9.82. The van der Waals surface area contributed by atoms with E-state index in [2.05, 4.69) is 28.8 Å². The Morgan fingerprint density at radius 3 is 1.26 bits per heavy atom. The van der Waals surface area contributed by atoms with Crippen LogP contribution in [0.5, 0.6) is 11.5 Å². The van der Waals surface area contributed by atoms with Crippen LogP contribution in [0.4, 0.5) is 13.2 Å². The molecule has 0 spiro atoms. The fraction of sp³-hybridized carbons (Fsp3) is 0.238. The molecule has 2 N–H and O–H groups in total. The number of aromatic nitrogens is 4. The zero-order valence-corrected chi connectivity index (χ0v) is 23.1. The fourth-order valence-electron chi connectivity index (χ4n) is 1.61. The maximum absolute atomic E-state index is 10.7. The minimum Gasteiger partial charge on any atom is -0.741 e. The van der Waals surface area contributed by atoms with Gasteiger partial charge in [-0.3, -0.25) is 9.59 Å². The van der Waals surface area contributed by atoms with Crippen molar-refractivity contribution < 1.29 is 64.7 Å². The molecule has 1 radical (unpaired) electrons. The number of rotatable bonds is 0. The summed E-state index contributed by atoms with van der Waals surface area (Å²) in [5.74, 6) is -0.111. The molecule has 0 saturated carbocycles. The molecule has 13 nitrogen and oxygen atoms in total. The molecule has 0 aliphatic rings. The van der Waals surface area contributed by atoms with Crippen LogP contribution in [-0.2, 0) is 29.6 Å². The van der Waals surface area contributed by atoms with Crippen molar-refractivity contribution in [1.29, 1.82) is 0 Å². The zero-order chi connectivity index (χ0) is 29.5. The van der Waals surface area contributed by atoms with Crippen molar-refractivity contribution in [3.05, 3.63) is 93.1 Å². The molecule has 39 heavy (non-hydrogen) atoms. The molecule has 18 heteroatoms. The zero-order valence-electron chi connectivity index (χ0n) is 20.6. The molecule has 0 aliphatic heterocycles. The quantitative estimate of drug-likeness (QED) is 0.157. The van der Waals surface area contributed by atoms with Gasteiger partial charge in [0.2, 0.25) is 22.4 Å². The van der Waals surface area contributed by atoms with Gasteiger partial charge < -0.3 is 43.5 Å². The van der Waals surface area contributed by atoms with Crippen LogP contribution in [0.25, 0.3) is 0 Å². The van der Waals surface area contributed by atoms with E-state index in [1.165, 1.54) is 51.2 Å². The maximum atomic E-state index is 10.7. The fourth-order valence-corrected chi connectivity index (χ4v) is 1.61. The average Bonchev–Trinajstić information content (AvgIpc) is 3.49. The van der Waals surface area contributed by atoms with Crippen LogP contribution in [0, 0.1) is 27.7 Å². The van der Waals surface area contributed by atoms with Gasteiger partial charge in [-0.05, 0) is 27.7 Å². The minimum atomic E-state index is -6.09. The number of aryl methyl sites for hydroxylation is 4. The third-order valence-electron chi connectivity index (χ3n) is 3.52. The van der Waals surface area contributed by atoms with Gasteiger partial charge in [-0.15, -0.1) is 0 Å². The molecule has 0 fully saturated rings. The Morgan fingerprint density at radius 2 is 1.13 bits per heavy atom. The van der Waals surface area contributed by atoms with Crippen molar-refractivity contribution in [3.8, 4) is 11.5 Å². The second kappa shape index (κ2) is 17.7. The smallest absolute Gasteiger partial charge is 0.741 e. The maximum Gasteiger partial charge on any atom is 3.00 e. The molecule has 0 saturated heterocycles. The summed E-state index contributed by atoms with van der Waals surface area (Å²) >= 11 is 0. The number of aromatic hydroxyl groups is 2. The van der Waals surface area contributed by atoms with Crippen LogP contribution >= 0.6 is 0 Å². The number of hydrogen-bond donors (Lipinski definition) is 2. The van der Waals surface area contributed by atoms with E-state index < -0.39 is 26.5 Å². The van der Waals surface area contributed by atoms with Gasteiger partial charge in [0.25, 0.3) is 0 Å². The first-order chi connectivity index (χ1) is 17.5. The molecule has 4 rings (SSSR count). The topological polar surface area (TPSA) is 212 Å². The normalized spacial score (nSPS) is 9.95. The first-order valence-corrected chi connectivity index (χ1v) is 11.2. The van der Waals surface area contributed by atoms with Gasteiger partial charge in [0.05, 0.1) is 12.5 Å². The molecule has 0 aliphatic carbocycles. The number of nitrogens with zero attached hydrogens (tertiary/aromatic N) is 4. The van der Waals surface area contributed by atoms with E-state index in [1.54, 1.807) is 12.4 Å². The van der Waals surface area contributed by atoms with Crippen molar-refractivity contribution >= 4 is 10.1 Å². The van der Waals surface area contributed by atoms with Gasteiger partial charge in [-0.2, -0.15) is 13.2 Å². The van der Waals surface area contributed by atoms with E-state index in [-0.39, 0.29) is 42.5 Å². The van der Waals surface area contributed by atoms with Crippen LogP contribution in [0.1, 0.15) is 22.9 Å². The molecular formula is C21H22F3N4O9RuS. The Kier molecular flexibility index (Phi) is 17.0. The molecule has 0 aromatic carbocycles. The molecular weight excluding hydrogens is 642 g/mol. The summed E-state index contributed by atoms with van der Waals surface area (Å²) in [5, 5.41) is 17.6. The van der Waals surface area contributed by atoms with E-state index in [4.69, 9.17) is 23.2 Å². The molecule has 215 valence electrons. The summed E-state index contributed by atoms with van der Waals surface area (Å²) in [5.41, 5.74) is -4.49. The third kappa shape index (κ3) is 16.0. The standard InChI is InChI=1S/2C6H6O3.2C4H5N2.CHF3O3S.Ru/c2*1-4-6(8)5(7)2-3-9-4;2*1-4-2-5-3-6-4;2-1(3,4)8(5,6)7;/h2*2-3,8H,1H3;2*2-3H,1H3;(H,5,6,7);/q;;2*-1;;+3/p-1. The Morgan fingerprint density at radius 1 is 0.821 bits per heavy atom. The predicted molar refractivity (Wildman–Crippen MR) is 123 cm³/mol. The number of alkyl halides is 3. The van der Waals surface area contributed by atoms with Gasteiger partial charge in [-0.25, -0.2) is 8.42 Å². The number of imidazole rings is 2. The average molecular weight is 665 g/mol. The van der Waals surface area contributed by atoms with E-state index in [0.717, 1.165) is 11.4 Å². The summed E-state index contributed by atoms with van der Waals surface area (Å²) in [6, 6.07) is 2.34. The van der Waals surface area contributed by atoms with Crippen molar-refractivity contribution in [1.82, 2.24) is 19.9 Å². The van der Waals surface area contributed by atoms with Crippen molar-refractivity contribution in [2.45, 2.75) is 33.2 Å². The van der Waals surface area contributed by atoms with Crippen molar-refractivity contribution in [3.63, 3.8) is 0 Å². The van der Waals surface area contributed by atoms with E-state index in [0.29, 0.717) is 0 Å². The molecule has 4 aromatic rings. The van der Waals surface area contributed by atoms with Gasteiger partial charge >= 0.3 is 25.0 Å². The predicted octanol–water partition coefficient (Wildman–Crippen LogP) is 2.05. The summed E-state index contributed by atoms with van der Waals surface area (Å²) in [6.45, 7) is 6.87. The van der Waals surface area contributed by atoms with Crippen molar-refractivity contribution in [2.75, 3.05) is 0 Å². The molecule has 0 atom stereocenters. The first kappa shape index (κ1) is 37.4. The second-order valence-electron chi connectivity index (χ2n) is 6.61. The number of hydrogen-bond acceptors (Lipinski definition) is 11. The Bertz CT molecular complexity index is 1350. The molecule has 0 amide bonds. The van der Waals surface area contributed by atoms with Gasteiger partial charge in [0.1, 0.15) is 11.5 Å². The summed E-state index contributed by atoms with van der Waals surface area (Å²) < 4.78 is 68.3. The Labute approximate surface area is 232 Å². The summed E-state index contributed by atoms with van der Waals surface area (Å²) in [4.78, 5) is 36.1. The Balaban J connectivity index is 0. The number of halogens is 3. The Hall–Kier alpha value is -3.76. The molecule has 0 bridgehead atoms. The second-order valence-corrected chi connectivity index (χ2v) is 7.98. The largest absolute Gasteiger partial charge is 3.00 e. The van der Waals surface area contributed by atoms with Crippen LogP contribution in [0.2, 0.25) is 0 Å². The molecule has 0 unspecified atom stereocenters. The van der Waals surface area contributed by atoms with E-state index >= 15 is 0 Å². The minimum absolute atomic E-state index is 0. The van der Waals surface area contributed by atoms with E-state index in [1.807, 2.05) is 13.8 Å². The van der Waals surface area contributed by atoms with Crippen LogP contribution in [0.15, 0.2) is 68.1 Å². The van der Waals surface area contributed by atoms with Crippen LogP contribution in [0.3, 0.4) is 0 Å². The van der Waals surface area contributed by atoms with Gasteiger partial charge in [0, 0.05) is 12.1 Å². The third-order valence-corrected chi connectivity index (χ3v) is 4.09. The SMILES string of the molecule is Cc1c[n-]cn1.Cc1c[n-]cn1.Cc1occc(=O)c1O.Cc1occc(=O)c1O.O=S(=O)([O-])C(F)(F)F.[Ru+3]. The van der Waals surface area contributed by atoms with Crippen LogP contribution < -0.4 is 20.8 Å². The molecule has 4 aromatic heterocycles. The molecule has 4 heterocycles. The monoisotopic (exact) mass is 665 g/mol. The van der Waals surface area contributed by atoms with Gasteiger partial charge in [0.15, 0.2) is 10.1 Å².